The fourth-order valence-electron chi connectivity index (χ4n) is 2.25. The summed E-state index contributed by atoms with van der Waals surface area (Å²) in [6.07, 6.45) is 6.95. The SMILES string of the molecule is COC(=O)c1cccc(F)c1C1C=CCCC1. The molecule has 0 N–H and O–H groups in total. The van der Waals surface area contributed by atoms with E-state index < -0.39 is 5.97 Å². The largest absolute Gasteiger partial charge is 0.465 e. The van der Waals surface area contributed by atoms with E-state index in [4.69, 9.17) is 4.74 Å². The number of halogens is 1. The van der Waals surface area contributed by atoms with Crippen molar-refractivity contribution in [2.75, 3.05) is 7.11 Å². The van der Waals surface area contributed by atoms with Gasteiger partial charge in [-0.05, 0) is 31.4 Å². The molecule has 0 aliphatic heterocycles. The summed E-state index contributed by atoms with van der Waals surface area (Å²) < 4.78 is 18.6. The molecule has 1 aromatic carbocycles. The summed E-state index contributed by atoms with van der Waals surface area (Å²) in [6.45, 7) is 0. The van der Waals surface area contributed by atoms with E-state index >= 15 is 0 Å². The second-order valence-electron chi connectivity index (χ2n) is 4.16. The van der Waals surface area contributed by atoms with Gasteiger partial charge in [-0.2, -0.15) is 0 Å². The summed E-state index contributed by atoms with van der Waals surface area (Å²) in [6, 6.07) is 4.55. The third kappa shape index (κ3) is 2.38. The van der Waals surface area contributed by atoms with Gasteiger partial charge in [-0.15, -0.1) is 0 Å². The van der Waals surface area contributed by atoms with E-state index in [-0.39, 0.29) is 11.7 Å². The van der Waals surface area contributed by atoms with Crippen LogP contribution in [0, 0.1) is 5.82 Å². The lowest BCUT2D eigenvalue weighted by Gasteiger charge is -2.19. The molecule has 2 nitrogen and oxygen atoms in total. The third-order valence-corrected chi connectivity index (χ3v) is 3.08. The first kappa shape index (κ1) is 11.8. The predicted molar refractivity (Wildman–Crippen MR) is 63.5 cm³/mol. The van der Waals surface area contributed by atoms with Gasteiger partial charge in [0.05, 0.1) is 12.7 Å². The number of ether oxygens (including phenoxy) is 1. The molecule has 0 aromatic heterocycles. The standard InChI is InChI=1S/C14H15FO2/c1-17-14(16)11-8-5-9-12(15)13(11)10-6-3-2-4-7-10/h3,5-6,8-10H,2,4,7H2,1H3. The number of rotatable bonds is 2. The normalized spacial score (nSPS) is 19.1. The van der Waals surface area contributed by atoms with Crippen LogP contribution in [-0.2, 0) is 4.74 Å². The van der Waals surface area contributed by atoms with Crippen LogP contribution in [0.15, 0.2) is 30.4 Å². The molecule has 1 atom stereocenters. The highest BCUT2D eigenvalue weighted by Crippen LogP contribution is 2.32. The molecular weight excluding hydrogens is 219 g/mol. The van der Waals surface area contributed by atoms with Gasteiger partial charge in [-0.3, -0.25) is 0 Å². The van der Waals surface area contributed by atoms with Crippen LogP contribution in [0.2, 0.25) is 0 Å². The highest BCUT2D eigenvalue weighted by molar-refractivity contribution is 5.91. The average Bonchev–Trinajstić information content (AvgIpc) is 2.38. The van der Waals surface area contributed by atoms with Gasteiger partial charge in [0.15, 0.2) is 0 Å². The fraction of sp³-hybridized carbons (Fsp3) is 0.357. The number of methoxy groups -OCH3 is 1. The van der Waals surface area contributed by atoms with Crippen molar-refractivity contribution in [3.05, 3.63) is 47.3 Å². The van der Waals surface area contributed by atoms with Crippen LogP contribution >= 0.6 is 0 Å². The molecule has 0 amide bonds. The van der Waals surface area contributed by atoms with Gasteiger partial charge >= 0.3 is 5.97 Å². The van der Waals surface area contributed by atoms with Crippen LogP contribution in [0.25, 0.3) is 0 Å². The summed E-state index contributed by atoms with van der Waals surface area (Å²) in [4.78, 5) is 11.6. The Bertz CT molecular complexity index is 452. The van der Waals surface area contributed by atoms with Crippen LogP contribution in [0.3, 0.4) is 0 Å². The number of carbonyl (C=O) groups excluding carboxylic acids is 1. The molecule has 3 heteroatoms. The van der Waals surface area contributed by atoms with Gasteiger partial charge in [-0.1, -0.05) is 18.2 Å². The summed E-state index contributed by atoms with van der Waals surface area (Å²) in [7, 11) is 1.31. The molecule has 0 saturated heterocycles. The van der Waals surface area contributed by atoms with Crippen molar-refractivity contribution < 1.29 is 13.9 Å². The number of carbonyl (C=O) groups is 1. The molecule has 1 aromatic rings. The fourth-order valence-corrected chi connectivity index (χ4v) is 2.25. The van der Waals surface area contributed by atoms with Crippen LogP contribution in [0.5, 0.6) is 0 Å². The maximum absolute atomic E-state index is 13.9. The average molecular weight is 234 g/mol. The van der Waals surface area contributed by atoms with E-state index in [1.165, 1.54) is 19.2 Å². The Morgan fingerprint density at radius 2 is 2.29 bits per heavy atom. The first-order valence-electron chi connectivity index (χ1n) is 5.77. The lowest BCUT2D eigenvalue weighted by molar-refractivity contribution is 0.0598. The monoisotopic (exact) mass is 234 g/mol. The predicted octanol–water partition coefficient (Wildman–Crippen LogP) is 3.44. The number of allylic oxidation sites excluding steroid dienone is 2. The van der Waals surface area contributed by atoms with Crippen LogP contribution in [0.4, 0.5) is 4.39 Å². The Balaban J connectivity index is 2.46. The van der Waals surface area contributed by atoms with Gasteiger partial charge in [0.1, 0.15) is 5.82 Å². The van der Waals surface area contributed by atoms with E-state index in [9.17, 15) is 9.18 Å². The minimum atomic E-state index is -0.474. The van der Waals surface area contributed by atoms with Crippen LogP contribution < -0.4 is 0 Å². The summed E-state index contributed by atoms with van der Waals surface area (Å²) in [5.41, 5.74) is 0.805. The van der Waals surface area contributed by atoms with E-state index in [2.05, 4.69) is 0 Å². The molecular formula is C14H15FO2. The second-order valence-corrected chi connectivity index (χ2v) is 4.16. The molecule has 1 aliphatic rings. The maximum Gasteiger partial charge on any atom is 0.338 e. The number of esters is 1. The molecule has 1 aliphatic carbocycles. The molecule has 2 rings (SSSR count). The van der Waals surface area contributed by atoms with Gasteiger partial charge in [0.25, 0.3) is 0 Å². The third-order valence-electron chi connectivity index (χ3n) is 3.08. The Morgan fingerprint density at radius 3 is 2.94 bits per heavy atom. The Morgan fingerprint density at radius 1 is 1.47 bits per heavy atom. The quantitative estimate of drug-likeness (QED) is 0.578. The lowest BCUT2D eigenvalue weighted by atomic mass is 9.86. The Hall–Kier alpha value is -1.64. The van der Waals surface area contributed by atoms with Crippen molar-refractivity contribution in [3.63, 3.8) is 0 Å². The smallest absolute Gasteiger partial charge is 0.338 e. The summed E-state index contributed by atoms with van der Waals surface area (Å²) >= 11 is 0. The second kappa shape index (κ2) is 5.13. The zero-order valence-electron chi connectivity index (χ0n) is 9.78. The van der Waals surface area contributed by atoms with Crippen molar-refractivity contribution >= 4 is 5.97 Å². The van der Waals surface area contributed by atoms with Crippen LogP contribution in [-0.4, -0.2) is 13.1 Å². The van der Waals surface area contributed by atoms with Crippen molar-refractivity contribution in [2.24, 2.45) is 0 Å². The number of benzene rings is 1. The first-order chi connectivity index (χ1) is 8.24. The highest BCUT2D eigenvalue weighted by Gasteiger charge is 2.22. The number of hydrogen-bond acceptors (Lipinski definition) is 2. The van der Waals surface area contributed by atoms with Crippen molar-refractivity contribution in [3.8, 4) is 0 Å². The van der Waals surface area contributed by atoms with Gasteiger partial charge in [0, 0.05) is 11.5 Å². The van der Waals surface area contributed by atoms with Crippen molar-refractivity contribution in [1.29, 1.82) is 0 Å². The van der Waals surface area contributed by atoms with E-state index in [0.717, 1.165) is 19.3 Å². The topological polar surface area (TPSA) is 26.3 Å². The Labute approximate surface area is 100 Å². The van der Waals surface area contributed by atoms with E-state index in [1.54, 1.807) is 6.07 Å². The minimum Gasteiger partial charge on any atom is -0.465 e. The lowest BCUT2D eigenvalue weighted by Crippen LogP contribution is -2.11. The van der Waals surface area contributed by atoms with Crippen LogP contribution in [0.1, 0.15) is 41.1 Å². The molecule has 1 unspecified atom stereocenters. The van der Waals surface area contributed by atoms with Crippen molar-refractivity contribution in [1.82, 2.24) is 0 Å². The zero-order valence-corrected chi connectivity index (χ0v) is 9.78. The van der Waals surface area contributed by atoms with Crippen molar-refractivity contribution in [2.45, 2.75) is 25.2 Å². The highest BCUT2D eigenvalue weighted by atomic mass is 19.1. The minimum absolute atomic E-state index is 0.0148. The zero-order chi connectivity index (χ0) is 12.3. The van der Waals surface area contributed by atoms with Gasteiger partial charge < -0.3 is 4.74 Å². The molecule has 0 bridgehead atoms. The summed E-state index contributed by atoms with van der Waals surface area (Å²) in [5.74, 6) is -0.818. The molecule has 0 spiro atoms. The van der Waals surface area contributed by atoms with E-state index in [1.807, 2.05) is 12.2 Å². The molecule has 0 fully saturated rings. The number of hydrogen-bond donors (Lipinski definition) is 0. The Kier molecular flexibility index (Phi) is 3.57. The summed E-state index contributed by atoms with van der Waals surface area (Å²) in [5, 5.41) is 0. The van der Waals surface area contributed by atoms with Gasteiger partial charge in [-0.25, -0.2) is 9.18 Å². The van der Waals surface area contributed by atoms with E-state index in [0.29, 0.717) is 11.1 Å². The first-order valence-corrected chi connectivity index (χ1v) is 5.77. The molecule has 0 heterocycles. The molecule has 17 heavy (non-hydrogen) atoms. The molecule has 90 valence electrons. The van der Waals surface area contributed by atoms with Gasteiger partial charge in [0.2, 0.25) is 0 Å². The molecule has 0 saturated carbocycles. The molecule has 0 radical (unpaired) electrons. The maximum atomic E-state index is 13.9.